The molecule has 1 spiro atoms. The van der Waals surface area contributed by atoms with E-state index in [1.54, 1.807) is 11.0 Å². The molecule has 4 aliphatic rings. The van der Waals surface area contributed by atoms with Crippen LogP contribution in [0.5, 0.6) is 0 Å². The van der Waals surface area contributed by atoms with Crippen molar-refractivity contribution in [3.63, 3.8) is 0 Å². The predicted octanol–water partition coefficient (Wildman–Crippen LogP) is 1.67. The number of rotatable bonds is 4. The van der Waals surface area contributed by atoms with Crippen LogP contribution < -0.4 is 4.90 Å². The van der Waals surface area contributed by atoms with Gasteiger partial charge in [-0.2, -0.15) is 4.31 Å². The van der Waals surface area contributed by atoms with Gasteiger partial charge in [0.25, 0.3) is 17.6 Å². The summed E-state index contributed by atoms with van der Waals surface area (Å²) in [6.07, 6.45) is 2.72. The van der Waals surface area contributed by atoms with E-state index >= 15 is 0 Å². The van der Waals surface area contributed by atoms with Crippen LogP contribution in [0.4, 0.5) is 14.5 Å². The zero-order chi connectivity index (χ0) is 19.7. The molecule has 0 radical (unpaired) electrons. The highest BCUT2D eigenvalue weighted by molar-refractivity contribution is 7.89. The van der Waals surface area contributed by atoms with Crippen molar-refractivity contribution in [2.24, 2.45) is 5.92 Å². The molecule has 0 aromatic heterocycles. The van der Waals surface area contributed by atoms with E-state index in [4.69, 9.17) is 9.47 Å². The number of sulfonamides is 1. The van der Waals surface area contributed by atoms with Crippen molar-refractivity contribution in [2.45, 2.75) is 35.9 Å². The molecule has 3 heterocycles. The number of halogens is 2. The Bertz CT molecular complexity index is 933. The zero-order valence-electron chi connectivity index (χ0n) is 15.1. The Hall–Kier alpha value is -1.62. The lowest BCUT2D eigenvalue weighted by molar-refractivity contribution is -0.256. The number of alkyl halides is 2. The number of nitrogens with zero attached hydrogens (tertiary/aromatic N) is 2. The van der Waals surface area contributed by atoms with Crippen LogP contribution in [0, 0.1) is 5.92 Å². The number of carbonyl (C=O) groups excluding carboxylic acids is 1. The number of fused-ring (bicyclic) bond motifs is 2. The Morgan fingerprint density at radius 1 is 1.14 bits per heavy atom. The maximum Gasteiger partial charge on any atom is 0.292 e. The smallest absolute Gasteiger partial charge is 0.292 e. The van der Waals surface area contributed by atoms with Crippen LogP contribution in [0.3, 0.4) is 0 Å². The lowest BCUT2D eigenvalue weighted by atomic mass is 10.1. The standard InChI is InChI=1S/C18H20F2N2O5S/c19-17(20)10-21(11-17)28(24,25)13-4-5-15-14(8-13)18(26-6-1-7-27-18)16(23)22(15)9-12-2-3-12/h4-5,8,12H,1-3,6-7,9-11H2. The Kier molecular flexibility index (Phi) is 3.91. The van der Waals surface area contributed by atoms with Crippen molar-refractivity contribution >= 4 is 21.6 Å². The van der Waals surface area contributed by atoms with Crippen molar-refractivity contribution in [3.8, 4) is 0 Å². The Labute approximate surface area is 161 Å². The number of anilines is 1. The zero-order valence-corrected chi connectivity index (χ0v) is 15.9. The van der Waals surface area contributed by atoms with E-state index in [-0.39, 0.29) is 10.8 Å². The summed E-state index contributed by atoms with van der Waals surface area (Å²) in [5.74, 6) is -4.58. The first kappa shape index (κ1) is 18.4. The van der Waals surface area contributed by atoms with Crippen LogP contribution >= 0.6 is 0 Å². The van der Waals surface area contributed by atoms with Gasteiger partial charge in [-0.05, 0) is 43.4 Å². The lowest BCUT2D eigenvalue weighted by Crippen LogP contribution is -2.58. The molecule has 1 aliphatic carbocycles. The van der Waals surface area contributed by atoms with Crippen LogP contribution in [0.2, 0.25) is 0 Å². The van der Waals surface area contributed by atoms with Gasteiger partial charge in [-0.3, -0.25) is 4.79 Å². The van der Waals surface area contributed by atoms with Crippen LogP contribution in [-0.4, -0.2) is 57.4 Å². The number of hydrogen-bond acceptors (Lipinski definition) is 5. The summed E-state index contributed by atoms with van der Waals surface area (Å²) in [5, 5.41) is 0. The fourth-order valence-corrected chi connectivity index (χ4v) is 5.44. The molecule has 1 saturated carbocycles. The predicted molar refractivity (Wildman–Crippen MR) is 93.4 cm³/mol. The monoisotopic (exact) mass is 414 g/mol. The molecule has 0 atom stereocenters. The summed E-state index contributed by atoms with van der Waals surface area (Å²) in [6.45, 7) is -0.505. The molecule has 0 unspecified atom stereocenters. The van der Waals surface area contributed by atoms with Gasteiger partial charge >= 0.3 is 0 Å². The second kappa shape index (κ2) is 5.94. The minimum absolute atomic E-state index is 0.139. The fourth-order valence-electron chi connectivity index (χ4n) is 3.92. The van der Waals surface area contributed by atoms with E-state index in [1.807, 2.05) is 0 Å². The third-order valence-electron chi connectivity index (χ3n) is 5.63. The van der Waals surface area contributed by atoms with E-state index in [0.717, 1.165) is 17.1 Å². The topological polar surface area (TPSA) is 76.2 Å². The Morgan fingerprint density at radius 2 is 1.82 bits per heavy atom. The second-order valence-corrected chi connectivity index (χ2v) is 9.77. The van der Waals surface area contributed by atoms with E-state index in [9.17, 15) is 22.0 Å². The largest absolute Gasteiger partial charge is 0.338 e. The quantitative estimate of drug-likeness (QED) is 0.749. The lowest BCUT2D eigenvalue weighted by Gasteiger charge is -2.37. The molecule has 152 valence electrons. The number of hydrogen-bond donors (Lipinski definition) is 0. The van der Waals surface area contributed by atoms with Crippen LogP contribution in [0.1, 0.15) is 24.8 Å². The minimum atomic E-state index is -4.08. The third-order valence-corrected chi connectivity index (χ3v) is 7.42. The molecule has 10 heteroatoms. The highest BCUT2D eigenvalue weighted by Crippen LogP contribution is 2.48. The van der Waals surface area contributed by atoms with Gasteiger partial charge in [0.15, 0.2) is 0 Å². The van der Waals surface area contributed by atoms with Crippen molar-refractivity contribution in [1.29, 1.82) is 0 Å². The fraction of sp³-hybridized carbons (Fsp3) is 0.611. The molecule has 3 fully saturated rings. The first-order valence-electron chi connectivity index (χ1n) is 9.35. The van der Waals surface area contributed by atoms with Crippen LogP contribution in [0.15, 0.2) is 23.1 Å². The first-order valence-corrected chi connectivity index (χ1v) is 10.8. The highest BCUT2D eigenvalue weighted by Gasteiger charge is 2.56. The second-order valence-electron chi connectivity index (χ2n) is 7.83. The molecular weight excluding hydrogens is 394 g/mol. The van der Waals surface area contributed by atoms with Crippen LogP contribution in [-0.2, 0) is 30.1 Å². The molecule has 1 aromatic rings. The SMILES string of the molecule is O=C1N(CC2CC2)c2ccc(S(=O)(=O)N3CC(F)(F)C3)cc2C12OCCCO2. The van der Waals surface area contributed by atoms with E-state index in [2.05, 4.69) is 0 Å². The summed E-state index contributed by atoms with van der Waals surface area (Å²) < 4.78 is 64.1. The molecule has 3 aliphatic heterocycles. The molecule has 0 bridgehead atoms. The van der Waals surface area contributed by atoms with Crippen molar-refractivity contribution in [3.05, 3.63) is 23.8 Å². The summed E-state index contributed by atoms with van der Waals surface area (Å²) in [6, 6.07) is 4.26. The summed E-state index contributed by atoms with van der Waals surface area (Å²) in [4.78, 5) is 14.6. The molecule has 7 nitrogen and oxygen atoms in total. The summed E-state index contributed by atoms with van der Waals surface area (Å²) in [7, 11) is -4.08. The molecule has 2 saturated heterocycles. The maximum absolute atomic E-state index is 13.2. The molecule has 28 heavy (non-hydrogen) atoms. The van der Waals surface area contributed by atoms with Gasteiger partial charge in [0.1, 0.15) is 0 Å². The first-order chi connectivity index (χ1) is 13.2. The Balaban J connectivity index is 1.55. The molecular formula is C18H20F2N2O5S. The van der Waals surface area contributed by atoms with Gasteiger partial charge < -0.3 is 14.4 Å². The molecule has 5 rings (SSSR count). The van der Waals surface area contributed by atoms with E-state index in [1.165, 1.54) is 12.1 Å². The van der Waals surface area contributed by atoms with E-state index < -0.39 is 34.8 Å². The molecule has 1 amide bonds. The van der Waals surface area contributed by atoms with Gasteiger partial charge in [-0.15, -0.1) is 0 Å². The third kappa shape index (κ3) is 2.69. The Morgan fingerprint density at radius 3 is 2.43 bits per heavy atom. The number of benzene rings is 1. The maximum atomic E-state index is 13.2. The summed E-state index contributed by atoms with van der Waals surface area (Å²) in [5.41, 5.74) is 0.901. The van der Waals surface area contributed by atoms with Gasteiger partial charge in [-0.1, -0.05) is 0 Å². The van der Waals surface area contributed by atoms with Gasteiger partial charge in [0, 0.05) is 12.1 Å². The number of carbonyl (C=O) groups is 1. The van der Waals surface area contributed by atoms with Crippen molar-refractivity contribution in [2.75, 3.05) is 37.7 Å². The molecule has 0 N–H and O–H groups in total. The highest BCUT2D eigenvalue weighted by atomic mass is 32.2. The van der Waals surface area contributed by atoms with E-state index in [0.29, 0.717) is 43.3 Å². The average molecular weight is 414 g/mol. The van der Waals surface area contributed by atoms with Gasteiger partial charge in [0.05, 0.1) is 36.9 Å². The van der Waals surface area contributed by atoms with Gasteiger partial charge in [-0.25, -0.2) is 17.2 Å². The van der Waals surface area contributed by atoms with Crippen LogP contribution in [0.25, 0.3) is 0 Å². The summed E-state index contributed by atoms with van der Waals surface area (Å²) >= 11 is 0. The van der Waals surface area contributed by atoms with Gasteiger partial charge in [0.2, 0.25) is 10.0 Å². The molecule has 1 aromatic carbocycles. The average Bonchev–Trinajstić information content (AvgIpc) is 3.44. The van der Waals surface area contributed by atoms with Crippen molar-refractivity contribution in [1.82, 2.24) is 4.31 Å². The normalized spacial score (nSPS) is 26.4. The minimum Gasteiger partial charge on any atom is -0.338 e. The number of amides is 1. The number of ether oxygens (including phenoxy) is 2. The van der Waals surface area contributed by atoms with Crippen molar-refractivity contribution < 1.29 is 31.5 Å².